The summed E-state index contributed by atoms with van der Waals surface area (Å²) >= 11 is 0. The fraction of sp³-hybridized carbons (Fsp3) is 0.231. The minimum absolute atomic E-state index is 0.0488. The van der Waals surface area contributed by atoms with Crippen molar-refractivity contribution >= 4 is 11.8 Å². The largest absolute Gasteiger partial charge is 0.352 e. The Balaban J connectivity index is 1.52. The number of carbonyl (C=O) groups is 2. The van der Waals surface area contributed by atoms with Crippen LogP contribution in [0.25, 0.3) is 0 Å². The number of likely N-dealkylation sites (tertiary alicyclic amines) is 1. The molecule has 0 radical (unpaired) electrons. The van der Waals surface area contributed by atoms with Gasteiger partial charge in [0.05, 0.1) is 12.0 Å². The second kappa shape index (κ2) is 9.56. The number of nitrogens with one attached hydrogen (secondary N) is 1. The van der Waals surface area contributed by atoms with Gasteiger partial charge in [-0.05, 0) is 48.2 Å². The molecule has 158 valence electrons. The molecular weight excluding hydrogens is 391 g/mol. The first-order valence-electron chi connectivity index (χ1n) is 10.5. The molecule has 1 aliphatic rings. The highest BCUT2D eigenvalue weighted by atomic mass is 19.1. The molecule has 0 aliphatic carbocycles. The van der Waals surface area contributed by atoms with E-state index in [1.54, 1.807) is 29.2 Å². The van der Waals surface area contributed by atoms with E-state index in [1.165, 1.54) is 12.1 Å². The predicted molar refractivity (Wildman–Crippen MR) is 118 cm³/mol. The van der Waals surface area contributed by atoms with Crippen molar-refractivity contribution in [1.82, 2.24) is 10.2 Å². The quantitative estimate of drug-likeness (QED) is 0.653. The molecule has 1 fully saturated rings. The summed E-state index contributed by atoms with van der Waals surface area (Å²) in [5.41, 5.74) is 2.50. The Hall–Kier alpha value is -3.47. The van der Waals surface area contributed by atoms with Gasteiger partial charge in [0.1, 0.15) is 5.82 Å². The Morgan fingerprint density at radius 2 is 1.52 bits per heavy atom. The summed E-state index contributed by atoms with van der Waals surface area (Å²) in [6, 6.07) is 24.9. The van der Waals surface area contributed by atoms with E-state index < -0.39 is 0 Å². The van der Waals surface area contributed by atoms with Crippen LogP contribution in [0, 0.1) is 11.7 Å². The Labute approximate surface area is 181 Å². The third-order valence-electron chi connectivity index (χ3n) is 5.80. The molecule has 31 heavy (non-hydrogen) atoms. The summed E-state index contributed by atoms with van der Waals surface area (Å²) in [6.45, 7) is 0.792. The number of hydrogen-bond donors (Lipinski definition) is 1. The first-order chi connectivity index (χ1) is 15.1. The molecule has 3 aromatic carbocycles. The predicted octanol–water partition coefficient (Wildman–Crippen LogP) is 4.74. The monoisotopic (exact) mass is 416 g/mol. The number of piperidine rings is 1. The second-order valence-corrected chi connectivity index (χ2v) is 7.87. The normalized spacial score (nSPS) is 18.4. The average molecular weight is 416 g/mol. The molecule has 1 aliphatic heterocycles. The number of halogens is 1. The Bertz CT molecular complexity index is 1020. The first kappa shape index (κ1) is 20.8. The molecular formula is C26H25FN2O2. The van der Waals surface area contributed by atoms with Crippen molar-refractivity contribution in [1.29, 1.82) is 0 Å². The summed E-state index contributed by atoms with van der Waals surface area (Å²) in [6.07, 6.45) is 1.31. The van der Waals surface area contributed by atoms with Gasteiger partial charge in [-0.15, -0.1) is 0 Å². The van der Waals surface area contributed by atoms with Crippen LogP contribution >= 0.6 is 0 Å². The molecule has 2 atom stereocenters. The van der Waals surface area contributed by atoms with Crippen LogP contribution in [0.15, 0.2) is 84.9 Å². The van der Waals surface area contributed by atoms with Crippen molar-refractivity contribution < 1.29 is 14.0 Å². The van der Waals surface area contributed by atoms with E-state index in [4.69, 9.17) is 0 Å². The van der Waals surface area contributed by atoms with E-state index in [9.17, 15) is 14.0 Å². The van der Waals surface area contributed by atoms with Gasteiger partial charge in [-0.25, -0.2) is 4.39 Å². The second-order valence-electron chi connectivity index (χ2n) is 7.87. The van der Waals surface area contributed by atoms with Crippen molar-refractivity contribution in [3.8, 4) is 0 Å². The fourth-order valence-corrected chi connectivity index (χ4v) is 4.12. The zero-order chi connectivity index (χ0) is 21.6. The van der Waals surface area contributed by atoms with Crippen LogP contribution in [0.4, 0.5) is 4.39 Å². The summed E-state index contributed by atoms with van der Waals surface area (Å²) in [5.74, 6) is -0.755. The zero-order valence-corrected chi connectivity index (χ0v) is 17.2. The van der Waals surface area contributed by atoms with Gasteiger partial charge in [-0.1, -0.05) is 60.7 Å². The molecule has 0 spiro atoms. The number of rotatable bonds is 5. The molecule has 5 heteroatoms. The molecule has 0 aromatic heterocycles. The van der Waals surface area contributed by atoms with E-state index in [-0.39, 0.29) is 29.6 Å². The van der Waals surface area contributed by atoms with Gasteiger partial charge in [0.15, 0.2) is 0 Å². The van der Waals surface area contributed by atoms with Crippen molar-refractivity contribution in [2.45, 2.75) is 25.4 Å². The smallest absolute Gasteiger partial charge is 0.254 e. The van der Waals surface area contributed by atoms with Crippen LogP contribution in [0.3, 0.4) is 0 Å². The highest BCUT2D eigenvalue weighted by Gasteiger charge is 2.35. The molecule has 1 heterocycles. The SMILES string of the molecule is O=C(NCc1ccccc1)C1CCC(c2ccc(F)cc2)N(C(=O)c2ccccc2)C1. The van der Waals surface area contributed by atoms with Gasteiger partial charge < -0.3 is 10.2 Å². The van der Waals surface area contributed by atoms with Crippen LogP contribution in [0.1, 0.15) is 40.4 Å². The summed E-state index contributed by atoms with van der Waals surface area (Å²) in [4.78, 5) is 27.9. The molecule has 1 N–H and O–H groups in total. The lowest BCUT2D eigenvalue weighted by molar-refractivity contribution is -0.127. The lowest BCUT2D eigenvalue weighted by Gasteiger charge is -2.39. The summed E-state index contributed by atoms with van der Waals surface area (Å²) in [5, 5.41) is 3.00. The topological polar surface area (TPSA) is 49.4 Å². The van der Waals surface area contributed by atoms with Crippen LogP contribution in [-0.4, -0.2) is 23.3 Å². The minimum atomic E-state index is -0.307. The summed E-state index contributed by atoms with van der Waals surface area (Å²) < 4.78 is 13.4. The standard InChI is InChI=1S/C26H25FN2O2/c27-23-14-11-20(12-15-23)24-16-13-22(25(30)28-17-19-7-3-1-4-8-19)18-29(24)26(31)21-9-5-2-6-10-21/h1-12,14-15,22,24H,13,16-18H2,(H,28,30). The van der Waals surface area contributed by atoms with Gasteiger partial charge >= 0.3 is 0 Å². The van der Waals surface area contributed by atoms with E-state index >= 15 is 0 Å². The molecule has 1 saturated heterocycles. The lowest BCUT2D eigenvalue weighted by atomic mass is 9.87. The minimum Gasteiger partial charge on any atom is -0.352 e. The Morgan fingerprint density at radius 3 is 2.19 bits per heavy atom. The van der Waals surface area contributed by atoms with Crippen LogP contribution in [-0.2, 0) is 11.3 Å². The van der Waals surface area contributed by atoms with Crippen molar-refractivity contribution in [3.05, 3.63) is 107 Å². The zero-order valence-electron chi connectivity index (χ0n) is 17.2. The number of carbonyl (C=O) groups excluding carboxylic acids is 2. The van der Waals surface area contributed by atoms with Crippen LogP contribution in [0.2, 0.25) is 0 Å². The van der Waals surface area contributed by atoms with E-state index in [0.717, 1.165) is 11.1 Å². The molecule has 3 aromatic rings. The van der Waals surface area contributed by atoms with E-state index in [1.807, 2.05) is 48.5 Å². The molecule has 4 nitrogen and oxygen atoms in total. The average Bonchev–Trinajstić information content (AvgIpc) is 2.83. The fourth-order valence-electron chi connectivity index (χ4n) is 4.12. The molecule has 0 saturated carbocycles. The Kier molecular flexibility index (Phi) is 6.41. The maximum atomic E-state index is 13.4. The van der Waals surface area contributed by atoms with E-state index in [0.29, 0.717) is 31.5 Å². The highest BCUT2D eigenvalue weighted by Crippen LogP contribution is 2.34. The van der Waals surface area contributed by atoms with Gasteiger partial charge in [0.2, 0.25) is 5.91 Å². The van der Waals surface area contributed by atoms with Crippen LogP contribution < -0.4 is 5.32 Å². The first-order valence-corrected chi connectivity index (χ1v) is 10.5. The van der Waals surface area contributed by atoms with Crippen molar-refractivity contribution in [2.24, 2.45) is 5.92 Å². The summed E-state index contributed by atoms with van der Waals surface area (Å²) in [7, 11) is 0. The highest BCUT2D eigenvalue weighted by molar-refractivity contribution is 5.95. The van der Waals surface area contributed by atoms with Crippen molar-refractivity contribution in [2.75, 3.05) is 6.54 Å². The molecule has 2 unspecified atom stereocenters. The molecule has 4 rings (SSSR count). The van der Waals surface area contributed by atoms with Gasteiger partial charge in [-0.3, -0.25) is 9.59 Å². The maximum absolute atomic E-state index is 13.4. The van der Waals surface area contributed by atoms with Gasteiger partial charge in [-0.2, -0.15) is 0 Å². The van der Waals surface area contributed by atoms with Gasteiger partial charge in [0.25, 0.3) is 5.91 Å². The van der Waals surface area contributed by atoms with Crippen LogP contribution in [0.5, 0.6) is 0 Å². The maximum Gasteiger partial charge on any atom is 0.254 e. The third kappa shape index (κ3) is 5.00. The lowest BCUT2D eigenvalue weighted by Crippen LogP contribution is -2.46. The third-order valence-corrected chi connectivity index (χ3v) is 5.80. The van der Waals surface area contributed by atoms with Gasteiger partial charge in [0, 0.05) is 18.7 Å². The number of hydrogen-bond acceptors (Lipinski definition) is 2. The Morgan fingerprint density at radius 1 is 0.871 bits per heavy atom. The number of nitrogens with zero attached hydrogens (tertiary/aromatic N) is 1. The molecule has 0 bridgehead atoms. The number of benzene rings is 3. The number of amides is 2. The van der Waals surface area contributed by atoms with Crippen molar-refractivity contribution in [3.63, 3.8) is 0 Å². The van der Waals surface area contributed by atoms with E-state index in [2.05, 4.69) is 5.32 Å². The molecule has 2 amide bonds.